The lowest BCUT2D eigenvalue weighted by molar-refractivity contribution is 0.647. The van der Waals surface area contributed by atoms with Crippen LogP contribution in [0.15, 0.2) is 12.3 Å². The van der Waals surface area contributed by atoms with Crippen LogP contribution < -0.4 is 10.2 Å². The van der Waals surface area contributed by atoms with Gasteiger partial charge in [-0.3, -0.25) is 0 Å². The fourth-order valence-electron chi connectivity index (χ4n) is 2.68. The summed E-state index contributed by atoms with van der Waals surface area (Å²) in [6, 6.07) is 2.22. The van der Waals surface area contributed by atoms with Crippen LogP contribution in [0, 0.1) is 0 Å². The lowest BCUT2D eigenvalue weighted by Crippen LogP contribution is -2.35. The molecule has 1 aliphatic rings. The Kier molecular flexibility index (Phi) is 5.00. The van der Waals surface area contributed by atoms with Crippen LogP contribution in [0.3, 0.4) is 0 Å². The molecule has 0 saturated heterocycles. The molecule has 0 atom stereocenters. The van der Waals surface area contributed by atoms with Crippen molar-refractivity contribution in [3.63, 3.8) is 0 Å². The zero-order valence-corrected chi connectivity index (χ0v) is 11.7. The first-order valence-electron chi connectivity index (χ1n) is 7.23. The molecule has 1 aromatic rings. The minimum absolute atomic E-state index is 1.03. The molecule has 1 aliphatic heterocycles. The highest BCUT2D eigenvalue weighted by Gasteiger charge is 2.19. The Morgan fingerprint density at radius 2 is 2.33 bits per heavy atom. The molecule has 0 aromatic carbocycles. The SMILES string of the molecule is CCCCc1ccnc2c1CCCN2CCNC. The van der Waals surface area contributed by atoms with E-state index in [1.54, 1.807) is 0 Å². The van der Waals surface area contributed by atoms with E-state index in [1.807, 2.05) is 13.2 Å². The summed E-state index contributed by atoms with van der Waals surface area (Å²) in [4.78, 5) is 7.06. The van der Waals surface area contributed by atoms with Gasteiger partial charge in [-0.25, -0.2) is 4.98 Å². The van der Waals surface area contributed by atoms with Crippen LogP contribution in [0.25, 0.3) is 0 Å². The number of nitrogens with zero attached hydrogens (tertiary/aromatic N) is 2. The summed E-state index contributed by atoms with van der Waals surface area (Å²) in [6.07, 6.45) is 8.22. The number of nitrogens with one attached hydrogen (secondary N) is 1. The molecule has 0 spiro atoms. The zero-order valence-electron chi connectivity index (χ0n) is 11.7. The molecule has 1 N–H and O–H groups in total. The van der Waals surface area contributed by atoms with E-state index in [4.69, 9.17) is 0 Å². The molecule has 3 nitrogen and oxygen atoms in total. The first kappa shape index (κ1) is 13.3. The summed E-state index contributed by atoms with van der Waals surface area (Å²) in [5, 5.41) is 3.23. The van der Waals surface area contributed by atoms with Gasteiger partial charge in [-0.05, 0) is 49.9 Å². The lowest BCUT2D eigenvalue weighted by Gasteiger charge is -2.31. The maximum atomic E-state index is 4.62. The predicted molar refractivity (Wildman–Crippen MR) is 77.3 cm³/mol. The third-order valence-electron chi connectivity index (χ3n) is 3.72. The van der Waals surface area contributed by atoms with Gasteiger partial charge in [0, 0.05) is 25.8 Å². The van der Waals surface area contributed by atoms with E-state index in [1.165, 1.54) is 49.0 Å². The van der Waals surface area contributed by atoms with Gasteiger partial charge in [-0.2, -0.15) is 0 Å². The fourth-order valence-corrected chi connectivity index (χ4v) is 2.68. The van der Waals surface area contributed by atoms with Crippen molar-refractivity contribution < 1.29 is 0 Å². The van der Waals surface area contributed by atoms with Crippen molar-refractivity contribution in [3.8, 4) is 0 Å². The van der Waals surface area contributed by atoms with Gasteiger partial charge in [0.2, 0.25) is 0 Å². The average molecular weight is 247 g/mol. The largest absolute Gasteiger partial charge is 0.355 e. The van der Waals surface area contributed by atoms with Crippen molar-refractivity contribution in [2.24, 2.45) is 0 Å². The van der Waals surface area contributed by atoms with Gasteiger partial charge in [0.05, 0.1) is 0 Å². The minimum Gasteiger partial charge on any atom is -0.355 e. The maximum Gasteiger partial charge on any atom is 0.132 e. The Morgan fingerprint density at radius 3 is 3.11 bits per heavy atom. The summed E-state index contributed by atoms with van der Waals surface area (Å²) in [6.45, 7) is 5.50. The van der Waals surface area contributed by atoms with Crippen molar-refractivity contribution in [3.05, 3.63) is 23.4 Å². The standard InChI is InChI=1S/C15H25N3/c1-3-4-6-13-8-9-17-15-14(13)7-5-11-18(15)12-10-16-2/h8-9,16H,3-7,10-12H2,1-2H3. The van der Waals surface area contributed by atoms with Crippen molar-refractivity contribution in [2.75, 3.05) is 31.6 Å². The van der Waals surface area contributed by atoms with Crippen molar-refractivity contribution >= 4 is 5.82 Å². The zero-order chi connectivity index (χ0) is 12.8. The summed E-state index contributed by atoms with van der Waals surface area (Å²) in [7, 11) is 2.01. The molecular weight excluding hydrogens is 222 g/mol. The number of aromatic nitrogens is 1. The second-order valence-electron chi connectivity index (χ2n) is 5.07. The summed E-state index contributed by atoms with van der Waals surface area (Å²) >= 11 is 0. The molecule has 0 aliphatic carbocycles. The van der Waals surface area contributed by atoms with E-state index in [-0.39, 0.29) is 0 Å². The van der Waals surface area contributed by atoms with Crippen LogP contribution in [0.2, 0.25) is 0 Å². The van der Waals surface area contributed by atoms with Crippen LogP contribution in [0.4, 0.5) is 5.82 Å². The number of rotatable bonds is 6. The fraction of sp³-hybridized carbons (Fsp3) is 0.667. The highest BCUT2D eigenvalue weighted by atomic mass is 15.2. The molecule has 1 aromatic heterocycles. The number of likely N-dealkylation sites (N-methyl/N-ethyl adjacent to an activating group) is 1. The molecule has 2 rings (SSSR count). The van der Waals surface area contributed by atoms with Crippen LogP contribution in [-0.2, 0) is 12.8 Å². The van der Waals surface area contributed by atoms with E-state index in [0.29, 0.717) is 0 Å². The van der Waals surface area contributed by atoms with E-state index in [2.05, 4.69) is 28.2 Å². The molecule has 2 heterocycles. The van der Waals surface area contributed by atoms with Crippen molar-refractivity contribution in [2.45, 2.75) is 39.0 Å². The first-order chi connectivity index (χ1) is 8.86. The molecule has 0 bridgehead atoms. The molecule has 0 saturated carbocycles. The van der Waals surface area contributed by atoms with E-state index in [9.17, 15) is 0 Å². The van der Waals surface area contributed by atoms with E-state index < -0.39 is 0 Å². The first-order valence-corrected chi connectivity index (χ1v) is 7.23. The highest BCUT2D eigenvalue weighted by molar-refractivity contribution is 5.52. The lowest BCUT2D eigenvalue weighted by atomic mass is 9.96. The second-order valence-corrected chi connectivity index (χ2v) is 5.07. The normalized spacial score (nSPS) is 14.7. The third kappa shape index (κ3) is 3.02. The second kappa shape index (κ2) is 6.74. The van der Waals surface area contributed by atoms with Gasteiger partial charge < -0.3 is 10.2 Å². The molecule has 0 amide bonds. The molecular formula is C15H25N3. The van der Waals surface area contributed by atoms with Gasteiger partial charge in [0.1, 0.15) is 5.82 Å². The summed E-state index contributed by atoms with van der Waals surface area (Å²) in [5.41, 5.74) is 3.03. The quantitative estimate of drug-likeness (QED) is 0.836. The Bertz CT molecular complexity index is 376. The van der Waals surface area contributed by atoms with Gasteiger partial charge >= 0.3 is 0 Å². The van der Waals surface area contributed by atoms with Gasteiger partial charge in [0.25, 0.3) is 0 Å². The maximum absolute atomic E-state index is 4.62. The molecule has 100 valence electrons. The van der Waals surface area contributed by atoms with Gasteiger partial charge in [0.15, 0.2) is 0 Å². The van der Waals surface area contributed by atoms with E-state index >= 15 is 0 Å². The Labute approximate surface area is 111 Å². The summed E-state index contributed by atoms with van der Waals surface area (Å²) < 4.78 is 0. The Hall–Kier alpha value is -1.09. The predicted octanol–water partition coefficient (Wildman–Crippen LogP) is 2.40. The molecule has 0 fully saturated rings. The van der Waals surface area contributed by atoms with Crippen molar-refractivity contribution in [1.82, 2.24) is 10.3 Å². The van der Waals surface area contributed by atoms with Crippen molar-refractivity contribution in [1.29, 1.82) is 0 Å². The number of hydrogen-bond donors (Lipinski definition) is 1. The minimum atomic E-state index is 1.03. The van der Waals surface area contributed by atoms with Crippen LogP contribution >= 0.6 is 0 Å². The number of unbranched alkanes of at least 4 members (excludes halogenated alkanes) is 1. The number of pyridine rings is 1. The molecule has 3 heteroatoms. The van der Waals surface area contributed by atoms with Crippen LogP contribution in [0.5, 0.6) is 0 Å². The number of anilines is 1. The smallest absolute Gasteiger partial charge is 0.132 e. The Balaban J connectivity index is 2.17. The summed E-state index contributed by atoms with van der Waals surface area (Å²) in [5.74, 6) is 1.24. The van der Waals surface area contributed by atoms with Gasteiger partial charge in [-0.15, -0.1) is 0 Å². The molecule has 0 unspecified atom stereocenters. The average Bonchev–Trinajstić information content (AvgIpc) is 2.42. The topological polar surface area (TPSA) is 28.2 Å². The third-order valence-corrected chi connectivity index (χ3v) is 3.72. The number of aryl methyl sites for hydroxylation is 1. The van der Waals surface area contributed by atoms with Crippen LogP contribution in [0.1, 0.15) is 37.3 Å². The van der Waals surface area contributed by atoms with Gasteiger partial charge in [-0.1, -0.05) is 13.3 Å². The number of hydrogen-bond acceptors (Lipinski definition) is 3. The molecule has 18 heavy (non-hydrogen) atoms. The van der Waals surface area contributed by atoms with Crippen LogP contribution in [-0.4, -0.2) is 31.7 Å². The highest BCUT2D eigenvalue weighted by Crippen LogP contribution is 2.28. The Morgan fingerprint density at radius 1 is 1.44 bits per heavy atom. The number of fused-ring (bicyclic) bond motifs is 1. The molecule has 0 radical (unpaired) electrons. The monoisotopic (exact) mass is 247 g/mol. The van der Waals surface area contributed by atoms with E-state index in [0.717, 1.165) is 19.6 Å².